The molecule has 5 nitrogen and oxygen atoms in total. The maximum atomic E-state index is 13.7. The molecule has 0 spiro atoms. The third-order valence-electron chi connectivity index (χ3n) is 3.72. The standard InChI is InChI=1S/C14H19Cl2FN2O3S.ClH/c15-11-2-3-12(13(16)14(11)17)23(20,21)19-7-4-10(5-8-19)22-9-1-6-18;/h2-3,10H,1,4-9,18H2;1H. The van der Waals surface area contributed by atoms with Crippen molar-refractivity contribution in [3.05, 3.63) is 28.0 Å². The van der Waals surface area contributed by atoms with E-state index in [1.165, 1.54) is 16.4 Å². The van der Waals surface area contributed by atoms with Gasteiger partial charge in [0.1, 0.15) is 4.90 Å². The van der Waals surface area contributed by atoms with Gasteiger partial charge in [0.25, 0.3) is 0 Å². The second-order valence-corrected chi connectivity index (χ2v) is 7.98. The van der Waals surface area contributed by atoms with Crippen LogP contribution < -0.4 is 5.73 Å². The van der Waals surface area contributed by atoms with Gasteiger partial charge in [0.2, 0.25) is 10.0 Å². The lowest BCUT2D eigenvalue weighted by atomic mass is 10.1. The molecule has 0 radical (unpaired) electrons. The van der Waals surface area contributed by atoms with Gasteiger partial charge in [-0.1, -0.05) is 23.2 Å². The normalized spacial score (nSPS) is 16.8. The molecule has 1 fully saturated rings. The Morgan fingerprint density at radius 1 is 1.29 bits per heavy atom. The summed E-state index contributed by atoms with van der Waals surface area (Å²) in [6.07, 6.45) is 1.96. The largest absolute Gasteiger partial charge is 0.378 e. The number of ether oxygens (including phenoxy) is 1. The van der Waals surface area contributed by atoms with Crippen LogP contribution in [0, 0.1) is 5.82 Å². The van der Waals surface area contributed by atoms with Crippen molar-refractivity contribution >= 4 is 45.6 Å². The van der Waals surface area contributed by atoms with Crippen molar-refractivity contribution in [1.82, 2.24) is 4.31 Å². The van der Waals surface area contributed by atoms with Crippen LogP contribution in [0.15, 0.2) is 17.0 Å². The first-order chi connectivity index (χ1) is 10.9. The first kappa shape index (κ1) is 21.9. The Morgan fingerprint density at radius 3 is 2.50 bits per heavy atom. The Balaban J connectivity index is 0.00000288. The number of sulfonamides is 1. The van der Waals surface area contributed by atoms with Crippen LogP contribution in [0.5, 0.6) is 0 Å². The molecule has 2 rings (SSSR count). The minimum atomic E-state index is -3.85. The van der Waals surface area contributed by atoms with Crippen molar-refractivity contribution in [3.8, 4) is 0 Å². The number of hydrogen-bond donors (Lipinski definition) is 1. The molecule has 1 aliphatic heterocycles. The fourth-order valence-electron chi connectivity index (χ4n) is 2.42. The number of rotatable bonds is 6. The summed E-state index contributed by atoms with van der Waals surface area (Å²) in [5, 5.41) is -0.681. The van der Waals surface area contributed by atoms with Gasteiger partial charge in [-0.2, -0.15) is 4.31 Å². The third kappa shape index (κ3) is 4.94. The van der Waals surface area contributed by atoms with E-state index in [0.29, 0.717) is 39.1 Å². The molecule has 1 aliphatic rings. The van der Waals surface area contributed by atoms with Crippen LogP contribution in [0.3, 0.4) is 0 Å². The zero-order valence-corrected chi connectivity index (χ0v) is 16.0. The lowest BCUT2D eigenvalue weighted by Crippen LogP contribution is -2.41. The average molecular weight is 422 g/mol. The van der Waals surface area contributed by atoms with Gasteiger partial charge in [0, 0.05) is 19.7 Å². The van der Waals surface area contributed by atoms with Crippen LogP contribution >= 0.6 is 35.6 Å². The highest BCUT2D eigenvalue weighted by Gasteiger charge is 2.32. The molecule has 24 heavy (non-hydrogen) atoms. The molecule has 0 saturated carbocycles. The number of nitrogens with two attached hydrogens (primary N) is 1. The van der Waals surface area contributed by atoms with E-state index in [4.69, 9.17) is 33.7 Å². The zero-order chi connectivity index (χ0) is 17.0. The smallest absolute Gasteiger partial charge is 0.244 e. The van der Waals surface area contributed by atoms with Crippen LogP contribution in [0.2, 0.25) is 10.0 Å². The second kappa shape index (κ2) is 9.52. The fourth-order valence-corrected chi connectivity index (χ4v) is 4.61. The highest BCUT2D eigenvalue weighted by molar-refractivity contribution is 7.89. The van der Waals surface area contributed by atoms with E-state index in [1.54, 1.807) is 0 Å². The summed E-state index contributed by atoms with van der Waals surface area (Å²) in [6.45, 7) is 1.74. The predicted octanol–water partition coefficient (Wildman–Crippen LogP) is 3.07. The Bertz CT molecular complexity index is 653. The molecule has 1 aromatic rings. The van der Waals surface area contributed by atoms with Gasteiger partial charge in [-0.3, -0.25) is 0 Å². The summed E-state index contributed by atoms with van der Waals surface area (Å²) >= 11 is 11.4. The van der Waals surface area contributed by atoms with Crippen LogP contribution in [-0.4, -0.2) is 45.1 Å². The van der Waals surface area contributed by atoms with Crippen molar-refractivity contribution in [2.45, 2.75) is 30.3 Å². The molecule has 0 aliphatic carbocycles. The van der Waals surface area contributed by atoms with E-state index >= 15 is 0 Å². The summed E-state index contributed by atoms with van der Waals surface area (Å²) in [5.74, 6) is -0.922. The fraction of sp³-hybridized carbons (Fsp3) is 0.571. The second-order valence-electron chi connectivity index (χ2n) is 5.29. The molecule has 0 amide bonds. The van der Waals surface area contributed by atoms with E-state index in [2.05, 4.69) is 0 Å². The van der Waals surface area contributed by atoms with Gasteiger partial charge in [0.05, 0.1) is 16.1 Å². The third-order valence-corrected chi connectivity index (χ3v) is 6.44. The molecule has 138 valence electrons. The minimum absolute atomic E-state index is 0. The van der Waals surface area contributed by atoms with Crippen molar-refractivity contribution in [2.24, 2.45) is 5.73 Å². The first-order valence-electron chi connectivity index (χ1n) is 7.33. The lowest BCUT2D eigenvalue weighted by Gasteiger charge is -2.31. The molecule has 1 saturated heterocycles. The molecule has 10 heteroatoms. The molecule has 0 bridgehead atoms. The Labute approximate surface area is 157 Å². The van der Waals surface area contributed by atoms with E-state index in [9.17, 15) is 12.8 Å². The van der Waals surface area contributed by atoms with Gasteiger partial charge < -0.3 is 10.5 Å². The molecule has 2 N–H and O–H groups in total. The minimum Gasteiger partial charge on any atom is -0.378 e. The summed E-state index contributed by atoms with van der Waals surface area (Å²) in [6, 6.07) is 2.42. The monoisotopic (exact) mass is 420 g/mol. The van der Waals surface area contributed by atoms with Crippen LogP contribution in [0.1, 0.15) is 19.3 Å². The first-order valence-corrected chi connectivity index (χ1v) is 9.53. The van der Waals surface area contributed by atoms with E-state index in [-0.39, 0.29) is 28.4 Å². The Kier molecular flexibility index (Phi) is 8.68. The number of nitrogens with zero attached hydrogens (tertiary/aromatic N) is 1. The van der Waals surface area contributed by atoms with Crippen molar-refractivity contribution in [1.29, 1.82) is 0 Å². The zero-order valence-electron chi connectivity index (χ0n) is 12.9. The molecule has 0 aromatic heterocycles. The molecular formula is C14H20Cl3FN2O3S. The van der Waals surface area contributed by atoms with Gasteiger partial charge in [-0.25, -0.2) is 12.8 Å². The lowest BCUT2D eigenvalue weighted by molar-refractivity contribution is 0.0209. The van der Waals surface area contributed by atoms with Crippen LogP contribution in [0.4, 0.5) is 4.39 Å². The average Bonchev–Trinajstić information content (AvgIpc) is 2.53. The highest BCUT2D eigenvalue weighted by Crippen LogP contribution is 2.32. The van der Waals surface area contributed by atoms with Crippen molar-refractivity contribution in [2.75, 3.05) is 26.2 Å². The molecular weight excluding hydrogens is 402 g/mol. The number of halogens is 4. The van der Waals surface area contributed by atoms with Gasteiger partial charge in [-0.15, -0.1) is 12.4 Å². The Morgan fingerprint density at radius 2 is 1.92 bits per heavy atom. The maximum Gasteiger partial charge on any atom is 0.244 e. The number of piperidine rings is 1. The van der Waals surface area contributed by atoms with Gasteiger partial charge >= 0.3 is 0 Å². The summed E-state index contributed by atoms with van der Waals surface area (Å²) in [7, 11) is -3.85. The van der Waals surface area contributed by atoms with E-state index in [1.807, 2.05) is 0 Å². The predicted molar refractivity (Wildman–Crippen MR) is 95.1 cm³/mol. The topological polar surface area (TPSA) is 72.6 Å². The molecule has 1 heterocycles. The number of hydrogen-bond acceptors (Lipinski definition) is 4. The SMILES string of the molecule is Cl.NCCCOC1CCN(S(=O)(=O)c2ccc(Cl)c(F)c2Cl)CC1. The van der Waals surface area contributed by atoms with Gasteiger partial charge in [0.15, 0.2) is 5.82 Å². The molecule has 0 unspecified atom stereocenters. The number of benzene rings is 1. The highest BCUT2D eigenvalue weighted by atomic mass is 35.5. The summed E-state index contributed by atoms with van der Waals surface area (Å²) < 4.78 is 45.9. The Hall–Kier alpha value is -0.150. The molecule has 1 aromatic carbocycles. The van der Waals surface area contributed by atoms with Crippen molar-refractivity contribution in [3.63, 3.8) is 0 Å². The van der Waals surface area contributed by atoms with E-state index in [0.717, 1.165) is 6.42 Å². The molecule has 0 atom stereocenters. The summed E-state index contributed by atoms with van der Waals surface area (Å²) in [4.78, 5) is -0.261. The van der Waals surface area contributed by atoms with Crippen molar-refractivity contribution < 1.29 is 17.5 Å². The van der Waals surface area contributed by atoms with Crippen LogP contribution in [0.25, 0.3) is 0 Å². The summed E-state index contributed by atoms with van der Waals surface area (Å²) in [5.41, 5.74) is 5.40. The van der Waals surface area contributed by atoms with E-state index < -0.39 is 20.9 Å². The van der Waals surface area contributed by atoms with Gasteiger partial charge in [-0.05, 0) is 37.9 Å². The maximum absolute atomic E-state index is 13.7. The van der Waals surface area contributed by atoms with Crippen LogP contribution in [-0.2, 0) is 14.8 Å². The quantitative estimate of drug-likeness (QED) is 0.566.